The number of ether oxygens (including phenoxy) is 3. The van der Waals surface area contributed by atoms with Crippen LogP contribution >= 0.6 is 0 Å². The largest absolute Gasteiger partial charge is 0.388 e. The third-order valence-electron chi connectivity index (χ3n) is 2.68. The van der Waals surface area contributed by atoms with Crippen molar-refractivity contribution in [3.63, 3.8) is 0 Å². The number of hydrogen-bond acceptors (Lipinski definition) is 4. The molecule has 1 aliphatic heterocycles. The van der Waals surface area contributed by atoms with E-state index in [0.29, 0.717) is 6.61 Å². The molecule has 0 saturated carbocycles. The van der Waals surface area contributed by atoms with Crippen molar-refractivity contribution < 1.29 is 19.3 Å². The van der Waals surface area contributed by atoms with E-state index in [0.717, 1.165) is 0 Å². The molecule has 102 valence electrons. The maximum atomic E-state index is 10.0. The standard InChI is InChI=1S/C13H26O4/c1-8(2)16-12-10(7-15-13(4,5)6)17-9(3)11(12)14/h8-12,14H,7H2,1-6H3/t9-,10+,11+,12?/m0/s1. The quantitative estimate of drug-likeness (QED) is 0.821. The monoisotopic (exact) mass is 246 g/mol. The van der Waals surface area contributed by atoms with Gasteiger partial charge in [0, 0.05) is 0 Å². The van der Waals surface area contributed by atoms with Crippen LogP contribution in [0.4, 0.5) is 0 Å². The molecule has 0 aromatic carbocycles. The van der Waals surface area contributed by atoms with E-state index < -0.39 is 6.10 Å². The van der Waals surface area contributed by atoms with Crippen molar-refractivity contribution in [2.75, 3.05) is 6.61 Å². The fraction of sp³-hybridized carbons (Fsp3) is 1.00. The molecule has 1 unspecified atom stereocenters. The molecule has 0 amide bonds. The van der Waals surface area contributed by atoms with E-state index in [1.165, 1.54) is 0 Å². The lowest BCUT2D eigenvalue weighted by molar-refractivity contribution is -0.111. The highest BCUT2D eigenvalue weighted by molar-refractivity contribution is 4.90. The number of hydrogen-bond donors (Lipinski definition) is 1. The van der Waals surface area contributed by atoms with Gasteiger partial charge >= 0.3 is 0 Å². The van der Waals surface area contributed by atoms with E-state index in [1.807, 2.05) is 41.5 Å². The molecular formula is C13H26O4. The summed E-state index contributed by atoms with van der Waals surface area (Å²) in [6.45, 7) is 12.2. The molecule has 1 N–H and O–H groups in total. The topological polar surface area (TPSA) is 47.9 Å². The van der Waals surface area contributed by atoms with Crippen molar-refractivity contribution in [2.24, 2.45) is 0 Å². The average Bonchev–Trinajstić information content (AvgIpc) is 2.41. The second-order valence-corrected chi connectivity index (χ2v) is 5.94. The van der Waals surface area contributed by atoms with Crippen LogP contribution in [0.1, 0.15) is 41.5 Å². The maximum Gasteiger partial charge on any atom is 0.115 e. The Morgan fingerprint density at radius 1 is 1.29 bits per heavy atom. The van der Waals surface area contributed by atoms with Crippen LogP contribution in [-0.4, -0.2) is 47.8 Å². The van der Waals surface area contributed by atoms with Gasteiger partial charge < -0.3 is 19.3 Å². The van der Waals surface area contributed by atoms with Gasteiger partial charge in [-0.05, 0) is 41.5 Å². The van der Waals surface area contributed by atoms with Gasteiger partial charge in [0.05, 0.1) is 24.4 Å². The fourth-order valence-electron chi connectivity index (χ4n) is 1.87. The summed E-state index contributed by atoms with van der Waals surface area (Å²) < 4.78 is 17.1. The third kappa shape index (κ3) is 4.54. The van der Waals surface area contributed by atoms with Crippen LogP contribution in [0.15, 0.2) is 0 Å². The van der Waals surface area contributed by atoms with Gasteiger partial charge in [0.1, 0.15) is 18.3 Å². The Balaban J connectivity index is 2.56. The molecule has 4 atom stereocenters. The SMILES string of the molecule is CC(C)OC1[C@@H](COC(C)(C)C)O[C@@H](C)[C@H]1O. The molecule has 1 saturated heterocycles. The summed E-state index contributed by atoms with van der Waals surface area (Å²) in [7, 11) is 0. The predicted molar refractivity (Wildman–Crippen MR) is 66.1 cm³/mol. The summed E-state index contributed by atoms with van der Waals surface area (Å²) in [5.74, 6) is 0. The van der Waals surface area contributed by atoms with Crippen LogP contribution in [-0.2, 0) is 14.2 Å². The summed E-state index contributed by atoms with van der Waals surface area (Å²) in [5.41, 5.74) is -0.206. The predicted octanol–water partition coefficient (Wildman–Crippen LogP) is 1.74. The lowest BCUT2D eigenvalue weighted by Crippen LogP contribution is -2.39. The van der Waals surface area contributed by atoms with E-state index in [2.05, 4.69) is 0 Å². The highest BCUT2D eigenvalue weighted by Crippen LogP contribution is 2.26. The van der Waals surface area contributed by atoms with Crippen LogP contribution in [0.2, 0.25) is 0 Å². The normalized spacial score (nSPS) is 34.6. The van der Waals surface area contributed by atoms with Crippen LogP contribution in [0.25, 0.3) is 0 Å². The summed E-state index contributed by atoms with van der Waals surface area (Å²) in [5, 5.41) is 10.0. The minimum absolute atomic E-state index is 0.0701. The fourth-order valence-corrected chi connectivity index (χ4v) is 1.87. The van der Waals surface area contributed by atoms with Crippen LogP contribution < -0.4 is 0 Å². The Hall–Kier alpha value is -0.160. The Kier molecular flexibility index (Phi) is 4.95. The molecule has 17 heavy (non-hydrogen) atoms. The molecule has 1 aliphatic rings. The van der Waals surface area contributed by atoms with Gasteiger partial charge in [-0.2, -0.15) is 0 Å². The molecule has 0 aliphatic carbocycles. The Morgan fingerprint density at radius 3 is 2.35 bits per heavy atom. The molecule has 0 radical (unpaired) electrons. The molecule has 0 bridgehead atoms. The Morgan fingerprint density at radius 2 is 1.88 bits per heavy atom. The van der Waals surface area contributed by atoms with Gasteiger partial charge in [0.15, 0.2) is 0 Å². The van der Waals surface area contributed by atoms with Gasteiger partial charge in [-0.25, -0.2) is 0 Å². The molecule has 1 fully saturated rings. The van der Waals surface area contributed by atoms with Crippen molar-refractivity contribution in [1.29, 1.82) is 0 Å². The molecule has 0 aromatic heterocycles. The summed E-state index contributed by atoms with van der Waals surface area (Å²) in [6, 6.07) is 0. The number of aliphatic hydroxyl groups is 1. The molecule has 4 nitrogen and oxygen atoms in total. The average molecular weight is 246 g/mol. The summed E-state index contributed by atoms with van der Waals surface area (Å²) >= 11 is 0. The van der Waals surface area contributed by atoms with Gasteiger partial charge in [-0.1, -0.05) is 0 Å². The van der Waals surface area contributed by atoms with Crippen LogP contribution in [0.5, 0.6) is 0 Å². The van der Waals surface area contributed by atoms with Crippen LogP contribution in [0.3, 0.4) is 0 Å². The molecule has 0 spiro atoms. The van der Waals surface area contributed by atoms with E-state index in [9.17, 15) is 5.11 Å². The number of aliphatic hydroxyl groups excluding tert-OH is 1. The number of rotatable bonds is 4. The van der Waals surface area contributed by atoms with Crippen molar-refractivity contribution in [2.45, 2.75) is 77.7 Å². The van der Waals surface area contributed by atoms with Crippen LogP contribution in [0, 0.1) is 0 Å². The summed E-state index contributed by atoms with van der Waals surface area (Å²) in [4.78, 5) is 0. The first-order valence-corrected chi connectivity index (χ1v) is 6.33. The van der Waals surface area contributed by atoms with Gasteiger partial charge in [-0.3, -0.25) is 0 Å². The Bertz CT molecular complexity index is 234. The smallest absolute Gasteiger partial charge is 0.115 e. The van der Waals surface area contributed by atoms with Crippen molar-refractivity contribution >= 4 is 0 Å². The first-order valence-electron chi connectivity index (χ1n) is 6.33. The zero-order valence-electron chi connectivity index (χ0n) is 11.8. The molecule has 4 heteroatoms. The van der Waals surface area contributed by atoms with E-state index >= 15 is 0 Å². The third-order valence-corrected chi connectivity index (χ3v) is 2.68. The molecule has 0 aromatic rings. The van der Waals surface area contributed by atoms with Gasteiger partial charge in [0.25, 0.3) is 0 Å². The second kappa shape index (κ2) is 5.65. The molecule has 1 rings (SSSR count). The summed E-state index contributed by atoms with van der Waals surface area (Å²) in [6.07, 6.45) is -1.20. The minimum Gasteiger partial charge on any atom is -0.388 e. The zero-order chi connectivity index (χ0) is 13.2. The lowest BCUT2D eigenvalue weighted by atomic mass is 10.1. The van der Waals surface area contributed by atoms with Gasteiger partial charge in [-0.15, -0.1) is 0 Å². The van der Waals surface area contributed by atoms with Crippen molar-refractivity contribution in [1.82, 2.24) is 0 Å². The van der Waals surface area contributed by atoms with E-state index in [1.54, 1.807) is 0 Å². The first kappa shape index (κ1) is 14.9. The van der Waals surface area contributed by atoms with Crippen molar-refractivity contribution in [3.8, 4) is 0 Å². The van der Waals surface area contributed by atoms with E-state index in [4.69, 9.17) is 14.2 Å². The molecular weight excluding hydrogens is 220 g/mol. The highest BCUT2D eigenvalue weighted by atomic mass is 16.6. The van der Waals surface area contributed by atoms with Crippen molar-refractivity contribution in [3.05, 3.63) is 0 Å². The zero-order valence-corrected chi connectivity index (χ0v) is 11.8. The van der Waals surface area contributed by atoms with E-state index in [-0.39, 0.29) is 30.0 Å². The lowest BCUT2D eigenvalue weighted by Gasteiger charge is -2.26. The minimum atomic E-state index is -0.578. The van der Waals surface area contributed by atoms with Gasteiger partial charge in [0.2, 0.25) is 0 Å². The first-order chi connectivity index (χ1) is 7.70. The molecule has 1 heterocycles. The second-order valence-electron chi connectivity index (χ2n) is 5.94. The maximum absolute atomic E-state index is 10.0. The Labute approximate surface area is 104 Å². The highest BCUT2D eigenvalue weighted by Gasteiger charge is 2.43.